The van der Waals surface area contributed by atoms with Gasteiger partial charge in [-0.15, -0.1) is 0 Å². The highest BCUT2D eigenvalue weighted by molar-refractivity contribution is 5.03. The van der Waals surface area contributed by atoms with Crippen LogP contribution in [0.25, 0.3) is 0 Å². The molecule has 2 nitrogen and oxygen atoms in total. The Labute approximate surface area is 68.8 Å². The smallest absolute Gasteiger partial charge is 0.115 e. The van der Waals surface area contributed by atoms with Gasteiger partial charge in [0.05, 0.1) is 6.61 Å². The highest BCUT2D eigenvalue weighted by Crippen LogP contribution is 2.39. The summed E-state index contributed by atoms with van der Waals surface area (Å²) < 4.78 is 28.4. The van der Waals surface area contributed by atoms with Gasteiger partial charge >= 0.3 is 0 Å². The van der Waals surface area contributed by atoms with Crippen molar-refractivity contribution in [2.75, 3.05) is 19.6 Å². The fourth-order valence-electron chi connectivity index (χ4n) is 2.10. The average Bonchev–Trinajstić information content (AvgIpc) is 2.50. The predicted octanol–water partition coefficient (Wildman–Crippen LogP) is 0.555. The van der Waals surface area contributed by atoms with Crippen LogP contribution in [0.15, 0.2) is 0 Å². The van der Waals surface area contributed by atoms with Crippen LogP contribution in [0.3, 0.4) is 0 Å². The summed E-state index contributed by atoms with van der Waals surface area (Å²) in [6, 6.07) is 0. The second-order valence-electron chi connectivity index (χ2n) is 3.45. The minimum Gasteiger partial charge on any atom is -0.394 e. The fraction of sp³-hybridized carbons (Fsp3) is 1.00. The van der Waals surface area contributed by atoms with Crippen LogP contribution in [0.1, 0.15) is 22.0 Å². The van der Waals surface area contributed by atoms with Crippen molar-refractivity contribution < 1.29 is 12.2 Å². The Hall–Kier alpha value is -0.150. The maximum atomic E-state index is 13.1. The Kier molecular flexibility index (Phi) is 1.21. The third-order valence-corrected chi connectivity index (χ3v) is 2.74. The molecule has 2 atom stereocenters. The maximum absolute atomic E-state index is 13.1. The first-order chi connectivity index (χ1) is 6.00. The highest BCUT2D eigenvalue weighted by Gasteiger charge is 2.47. The topological polar surface area (TPSA) is 23.5 Å². The number of aliphatic hydroxyl groups excluding tert-OH is 1. The molecule has 0 aromatic rings. The lowest BCUT2D eigenvalue weighted by Crippen LogP contribution is -2.41. The molecule has 3 heteroatoms. The quantitative estimate of drug-likeness (QED) is 0.607. The number of aliphatic hydroxyl groups is 1. The van der Waals surface area contributed by atoms with E-state index in [1.807, 2.05) is 0 Å². The zero-order chi connectivity index (χ0) is 9.69. The van der Waals surface area contributed by atoms with Crippen molar-refractivity contribution in [3.05, 3.63) is 0 Å². The van der Waals surface area contributed by atoms with E-state index in [1.165, 1.54) is 4.90 Å². The molecule has 11 heavy (non-hydrogen) atoms. The van der Waals surface area contributed by atoms with Gasteiger partial charge in [0, 0.05) is 21.2 Å². The number of rotatable bonds is 1. The fourth-order valence-corrected chi connectivity index (χ4v) is 2.10. The van der Waals surface area contributed by atoms with Gasteiger partial charge in [-0.1, -0.05) is 0 Å². The third kappa shape index (κ3) is 0.983. The monoisotopic (exact) mass is 161 g/mol. The molecule has 2 aliphatic rings. The first-order valence-electron chi connectivity index (χ1n) is 5.03. The molecule has 0 spiro atoms. The van der Waals surface area contributed by atoms with E-state index in [0.29, 0.717) is 12.8 Å². The van der Waals surface area contributed by atoms with Crippen molar-refractivity contribution in [1.29, 1.82) is 0 Å². The molecule has 0 amide bonds. The standard InChI is InChI=1S/C8H14FNO/c9-7-4-8(6-11)2-1-3-10(8)5-7/h7,11H,1-6H2/t7-,8+/m0/s1/i3D2. The SMILES string of the molecule is [2H]C1([2H])CC[C@]2(CO)C[C@H](F)CN12. The molecular formula is C8H14FNO. The van der Waals surface area contributed by atoms with E-state index in [-0.39, 0.29) is 19.6 Å². The van der Waals surface area contributed by atoms with Gasteiger partial charge in [-0.05, 0) is 19.3 Å². The second kappa shape index (κ2) is 2.42. The van der Waals surface area contributed by atoms with Crippen LogP contribution in [0, 0.1) is 0 Å². The number of alkyl halides is 1. The number of halogens is 1. The summed E-state index contributed by atoms with van der Waals surface area (Å²) in [5.74, 6) is 0. The molecule has 2 saturated heterocycles. The minimum absolute atomic E-state index is 0.132. The Morgan fingerprint density at radius 1 is 1.82 bits per heavy atom. The van der Waals surface area contributed by atoms with E-state index in [1.54, 1.807) is 0 Å². The maximum Gasteiger partial charge on any atom is 0.115 e. The molecule has 0 aromatic carbocycles. The van der Waals surface area contributed by atoms with E-state index < -0.39 is 18.2 Å². The molecule has 64 valence electrons. The van der Waals surface area contributed by atoms with E-state index in [4.69, 9.17) is 2.74 Å². The van der Waals surface area contributed by atoms with Gasteiger partial charge in [-0.3, -0.25) is 4.90 Å². The van der Waals surface area contributed by atoms with E-state index in [9.17, 15) is 9.50 Å². The zero-order valence-corrected chi connectivity index (χ0v) is 6.39. The summed E-state index contributed by atoms with van der Waals surface area (Å²) in [6.07, 6.45) is 0.266. The van der Waals surface area contributed by atoms with Crippen molar-refractivity contribution in [1.82, 2.24) is 4.90 Å². The molecule has 0 unspecified atom stereocenters. The molecule has 1 N–H and O–H groups in total. The molecule has 0 aliphatic carbocycles. The molecule has 2 aliphatic heterocycles. The Bertz CT molecular complexity index is 226. The van der Waals surface area contributed by atoms with Gasteiger partial charge in [0.25, 0.3) is 0 Å². The Morgan fingerprint density at radius 2 is 2.64 bits per heavy atom. The molecule has 2 heterocycles. The van der Waals surface area contributed by atoms with Gasteiger partial charge in [-0.2, -0.15) is 0 Å². The van der Waals surface area contributed by atoms with Crippen LogP contribution >= 0.6 is 0 Å². The summed E-state index contributed by atoms with van der Waals surface area (Å²) in [4.78, 5) is 1.50. The van der Waals surface area contributed by atoms with E-state index in [0.717, 1.165) is 0 Å². The minimum atomic E-state index is -1.43. The Morgan fingerprint density at radius 3 is 3.27 bits per heavy atom. The lowest BCUT2D eigenvalue weighted by Gasteiger charge is -2.28. The molecule has 0 saturated carbocycles. The summed E-state index contributed by atoms with van der Waals surface area (Å²) in [5, 5.41) is 9.20. The van der Waals surface area contributed by atoms with Crippen LogP contribution in [-0.2, 0) is 0 Å². The predicted molar refractivity (Wildman–Crippen MR) is 40.1 cm³/mol. The van der Waals surface area contributed by atoms with E-state index in [2.05, 4.69) is 0 Å². The van der Waals surface area contributed by atoms with Crippen LogP contribution in [-0.4, -0.2) is 41.4 Å². The number of hydrogen-bond donors (Lipinski definition) is 1. The van der Waals surface area contributed by atoms with Crippen molar-refractivity contribution in [2.24, 2.45) is 0 Å². The average molecular weight is 161 g/mol. The van der Waals surface area contributed by atoms with Gasteiger partial charge in [0.2, 0.25) is 0 Å². The van der Waals surface area contributed by atoms with Crippen molar-refractivity contribution in [3.8, 4) is 0 Å². The van der Waals surface area contributed by atoms with Crippen molar-refractivity contribution in [3.63, 3.8) is 0 Å². The molecular weight excluding hydrogens is 145 g/mol. The number of fused-ring (bicyclic) bond motifs is 1. The van der Waals surface area contributed by atoms with E-state index >= 15 is 0 Å². The van der Waals surface area contributed by atoms with Crippen LogP contribution in [0.5, 0.6) is 0 Å². The van der Waals surface area contributed by atoms with Crippen LogP contribution in [0.2, 0.25) is 0 Å². The number of hydrogen-bond acceptors (Lipinski definition) is 2. The number of nitrogens with zero attached hydrogens (tertiary/aromatic N) is 1. The summed E-state index contributed by atoms with van der Waals surface area (Å²) >= 11 is 0. The van der Waals surface area contributed by atoms with Gasteiger partial charge in [0.1, 0.15) is 6.17 Å². The summed E-state index contributed by atoms with van der Waals surface area (Å²) in [5.41, 5.74) is -0.608. The van der Waals surface area contributed by atoms with Gasteiger partial charge in [0.15, 0.2) is 0 Å². The van der Waals surface area contributed by atoms with Crippen molar-refractivity contribution in [2.45, 2.75) is 31.0 Å². The molecule has 2 rings (SSSR count). The largest absolute Gasteiger partial charge is 0.394 e. The van der Waals surface area contributed by atoms with Gasteiger partial charge < -0.3 is 5.11 Å². The zero-order valence-electron chi connectivity index (χ0n) is 8.39. The molecule has 2 fully saturated rings. The molecule has 0 bridgehead atoms. The lowest BCUT2D eigenvalue weighted by atomic mass is 9.95. The third-order valence-electron chi connectivity index (χ3n) is 2.74. The lowest BCUT2D eigenvalue weighted by molar-refractivity contribution is 0.0996. The molecule has 0 aromatic heterocycles. The Balaban J connectivity index is 2.27. The van der Waals surface area contributed by atoms with Crippen LogP contribution < -0.4 is 0 Å². The van der Waals surface area contributed by atoms with Gasteiger partial charge in [-0.25, -0.2) is 4.39 Å². The highest BCUT2D eigenvalue weighted by atomic mass is 19.1. The second-order valence-corrected chi connectivity index (χ2v) is 3.45. The summed E-state index contributed by atoms with van der Waals surface area (Å²) in [6.45, 7) is -1.43. The first-order valence-corrected chi connectivity index (χ1v) is 4.03. The van der Waals surface area contributed by atoms with Crippen LogP contribution in [0.4, 0.5) is 4.39 Å². The van der Waals surface area contributed by atoms with Crippen molar-refractivity contribution >= 4 is 0 Å². The summed E-state index contributed by atoms with van der Waals surface area (Å²) in [7, 11) is 0. The molecule has 0 radical (unpaired) electrons. The normalized spacial score (nSPS) is 52.0. The first kappa shape index (κ1) is 5.49.